The predicted octanol–water partition coefficient (Wildman–Crippen LogP) is 4.80. The number of hydrogen-bond acceptors (Lipinski definition) is 2. The van der Waals surface area contributed by atoms with Crippen molar-refractivity contribution in [3.63, 3.8) is 0 Å². The van der Waals surface area contributed by atoms with Crippen molar-refractivity contribution in [3.8, 4) is 11.5 Å². The lowest BCUT2D eigenvalue weighted by Gasteiger charge is -2.09. The molecule has 4 nitrogen and oxygen atoms in total. The van der Waals surface area contributed by atoms with Crippen molar-refractivity contribution in [1.82, 2.24) is 5.32 Å². The number of carbonyl (C=O) groups excluding carboxylic acids is 1. The van der Waals surface area contributed by atoms with Crippen molar-refractivity contribution in [2.24, 2.45) is 0 Å². The molecule has 3 aromatic rings. The Kier molecular flexibility index (Phi) is 5.10. The fraction of sp³-hybridized carbons (Fsp3) is 0.0500. The quantitative estimate of drug-likeness (QED) is 0.710. The van der Waals surface area contributed by atoms with Gasteiger partial charge >= 0.3 is 6.03 Å². The zero-order chi connectivity index (χ0) is 16.6. The zero-order valence-electron chi connectivity index (χ0n) is 13.1. The number of rotatable bonds is 5. The van der Waals surface area contributed by atoms with Gasteiger partial charge in [0, 0.05) is 12.2 Å². The molecule has 4 heteroatoms. The minimum Gasteiger partial charge on any atom is -0.457 e. The Bertz CT molecular complexity index is 772. The van der Waals surface area contributed by atoms with Crippen LogP contribution in [0.25, 0.3) is 0 Å². The Morgan fingerprint density at radius 3 is 2.00 bits per heavy atom. The number of para-hydroxylation sites is 2. The summed E-state index contributed by atoms with van der Waals surface area (Å²) in [6.07, 6.45) is 0. The molecule has 0 aliphatic heterocycles. The first-order valence-corrected chi connectivity index (χ1v) is 7.71. The topological polar surface area (TPSA) is 50.4 Å². The molecule has 0 saturated carbocycles. The van der Waals surface area contributed by atoms with Gasteiger partial charge in [-0.2, -0.15) is 0 Å². The first kappa shape index (κ1) is 15.6. The first-order valence-electron chi connectivity index (χ1n) is 7.71. The fourth-order valence-corrected chi connectivity index (χ4v) is 2.18. The van der Waals surface area contributed by atoms with Crippen LogP contribution in [0.15, 0.2) is 84.9 Å². The second-order valence-corrected chi connectivity index (χ2v) is 5.23. The number of nitrogens with one attached hydrogen (secondary N) is 2. The third kappa shape index (κ3) is 4.61. The fourth-order valence-electron chi connectivity index (χ4n) is 2.18. The Morgan fingerprint density at radius 2 is 1.33 bits per heavy atom. The Morgan fingerprint density at radius 1 is 0.750 bits per heavy atom. The summed E-state index contributed by atoms with van der Waals surface area (Å²) in [6, 6.07) is 26.4. The number of urea groups is 1. The highest BCUT2D eigenvalue weighted by molar-refractivity contribution is 5.89. The molecule has 0 radical (unpaired) electrons. The van der Waals surface area contributed by atoms with Crippen LogP contribution in [0, 0.1) is 0 Å². The highest BCUT2D eigenvalue weighted by Gasteiger charge is 2.02. The number of benzene rings is 3. The van der Waals surface area contributed by atoms with Crippen LogP contribution >= 0.6 is 0 Å². The van der Waals surface area contributed by atoms with E-state index in [1.54, 1.807) is 0 Å². The second-order valence-electron chi connectivity index (χ2n) is 5.23. The van der Waals surface area contributed by atoms with Gasteiger partial charge in [0.15, 0.2) is 0 Å². The summed E-state index contributed by atoms with van der Waals surface area (Å²) in [5.41, 5.74) is 1.76. The minimum atomic E-state index is -0.231. The van der Waals surface area contributed by atoms with Gasteiger partial charge in [0.2, 0.25) is 0 Å². The molecular formula is C20H18N2O2. The molecule has 0 spiro atoms. The summed E-state index contributed by atoms with van der Waals surface area (Å²) in [7, 11) is 0. The molecule has 3 aromatic carbocycles. The molecule has 0 bridgehead atoms. The van der Waals surface area contributed by atoms with Gasteiger partial charge in [-0.1, -0.05) is 48.5 Å². The van der Waals surface area contributed by atoms with Crippen LogP contribution < -0.4 is 15.4 Å². The zero-order valence-corrected chi connectivity index (χ0v) is 13.1. The maximum absolute atomic E-state index is 11.8. The SMILES string of the molecule is O=C(NCc1ccc(Oc2ccccc2)cc1)Nc1ccccc1. The third-order valence-corrected chi connectivity index (χ3v) is 3.39. The summed E-state index contributed by atoms with van der Waals surface area (Å²) in [6.45, 7) is 0.449. The molecule has 3 rings (SSSR count). The van der Waals surface area contributed by atoms with Gasteiger partial charge in [-0.3, -0.25) is 0 Å². The largest absolute Gasteiger partial charge is 0.457 e. The third-order valence-electron chi connectivity index (χ3n) is 3.39. The van der Waals surface area contributed by atoms with Crippen LogP contribution in [-0.2, 0) is 6.54 Å². The minimum absolute atomic E-state index is 0.231. The van der Waals surface area contributed by atoms with E-state index < -0.39 is 0 Å². The van der Waals surface area contributed by atoms with E-state index in [1.165, 1.54) is 0 Å². The van der Waals surface area contributed by atoms with E-state index >= 15 is 0 Å². The van der Waals surface area contributed by atoms with Gasteiger partial charge in [0.1, 0.15) is 11.5 Å². The molecule has 2 N–H and O–H groups in total. The Labute approximate surface area is 141 Å². The van der Waals surface area contributed by atoms with E-state index in [-0.39, 0.29) is 6.03 Å². The summed E-state index contributed by atoms with van der Waals surface area (Å²) < 4.78 is 5.74. The van der Waals surface area contributed by atoms with Gasteiger partial charge in [0.05, 0.1) is 0 Å². The number of amides is 2. The van der Waals surface area contributed by atoms with Crippen molar-refractivity contribution >= 4 is 11.7 Å². The Hall–Kier alpha value is -3.27. The molecule has 0 aliphatic rings. The van der Waals surface area contributed by atoms with Crippen LogP contribution in [0.2, 0.25) is 0 Å². The smallest absolute Gasteiger partial charge is 0.319 e. The summed E-state index contributed by atoms with van der Waals surface area (Å²) in [4.78, 5) is 11.8. The van der Waals surface area contributed by atoms with Gasteiger partial charge in [-0.05, 0) is 42.0 Å². The van der Waals surface area contributed by atoms with Gasteiger partial charge in [0.25, 0.3) is 0 Å². The van der Waals surface area contributed by atoms with Crippen LogP contribution in [0.1, 0.15) is 5.56 Å². The highest BCUT2D eigenvalue weighted by Crippen LogP contribution is 2.21. The van der Waals surface area contributed by atoms with Gasteiger partial charge in [-0.25, -0.2) is 4.79 Å². The maximum Gasteiger partial charge on any atom is 0.319 e. The van der Waals surface area contributed by atoms with E-state index in [1.807, 2.05) is 84.9 Å². The molecular weight excluding hydrogens is 300 g/mol. The van der Waals surface area contributed by atoms with Crippen molar-refractivity contribution in [1.29, 1.82) is 0 Å². The molecule has 0 fully saturated rings. The molecule has 0 aromatic heterocycles. The van der Waals surface area contributed by atoms with Crippen molar-refractivity contribution in [2.45, 2.75) is 6.54 Å². The van der Waals surface area contributed by atoms with Crippen molar-refractivity contribution in [3.05, 3.63) is 90.5 Å². The standard InChI is InChI=1S/C20H18N2O2/c23-20(22-17-7-3-1-4-8-17)21-15-16-11-13-19(14-12-16)24-18-9-5-2-6-10-18/h1-14H,15H2,(H2,21,22,23). The maximum atomic E-state index is 11.8. The van der Waals surface area contributed by atoms with E-state index in [9.17, 15) is 4.79 Å². The molecule has 24 heavy (non-hydrogen) atoms. The average Bonchev–Trinajstić information content (AvgIpc) is 2.63. The molecule has 0 aliphatic carbocycles. The molecule has 120 valence electrons. The monoisotopic (exact) mass is 318 g/mol. The van der Waals surface area contributed by atoms with Crippen LogP contribution in [0.5, 0.6) is 11.5 Å². The average molecular weight is 318 g/mol. The molecule has 0 atom stereocenters. The van der Waals surface area contributed by atoms with Crippen LogP contribution in [0.4, 0.5) is 10.5 Å². The first-order chi connectivity index (χ1) is 11.8. The van der Waals surface area contributed by atoms with E-state index in [0.717, 1.165) is 22.7 Å². The predicted molar refractivity (Wildman–Crippen MR) is 95.3 cm³/mol. The lowest BCUT2D eigenvalue weighted by atomic mass is 10.2. The molecule has 0 saturated heterocycles. The van der Waals surface area contributed by atoms with E-state index in [4.69, 9.17) is 4.74 Å². The van der Waals surface area contributed by atoms with Crippen LogP contribution in [-0.4, -0.2) is 6.03 Å². The van der Waals surface area contributed by atoms with Crippen molar-refractivity contribution < 1.29 is 9.53 Å². The number of anilines is 1. The number of ether oxygens (including phenoxy) is 1. The van der Waals surface area contributed by atoms with Gasteiger partial charge < -0.3 is 15.4 Å². The van der Waals surface area contributed by atoms with Crippen molar-refractivity contribution in [2.75, 3.05) is 5.32 Å². The lowest BCUT2D eigenvalue weighted by Crippen LogP contribution is -2.28. The summed E-state index contributed by atoms with van der Waals surface area (Å²) >= 11 is 0. The molecule has 0 unspecified atom stereocenters. The normalized spacial score (nSPS) is 10.0. The summed E-state index contributed by atoms with van der Waals surface area (Å²) in [5.74, 6) is 1.56. The van der Waals surface area contributed by atoms with Gasteiger partial charge in [-0.15, -0.1) is 0 Å². The number of carbonyl (C=O) groups is 1. The lowest BCUT2D eigenvalue weighted by molar-refractivity contribution is 0.251. The highest BCUT2D eigenvalue weighted by atomic mass is 16.5. The van der Waals surface area contributed by atoms with Crippen LogP contribution in [0.3, 0.4) is 0 Å². The van der Waals surface area contributed by atoms with E-state index in [2.05, 4.69) is 10.6 Å². The summed E-state index contributed by atoms with van der Waals surface area (Å²) in [5, 5.41) is 5.61. The van der Waals surface area contributed by atoms with E-state index in [0.29, 0.717) is 6.54 Å². The number of hydrogen-bond donors (Lipinski definition) is 2. The Balaban J connectivity index is 1.50. The molecule has 0 heterocycles. The second kappa shape index (κ2) is 7.83. The molecule has 2 amide bonds.